The molecule has 0 radical (unpaired) electrons. The number of likely N-dealkylation sites (tertiary alicyclic amines) is 2. The van der Waals surface area contributed by atoms with Gasteiger partial charge in [0.15, 0.2) is 0 Å². The first-order valence-corrected chi connectivity index (χ1v) is 14.3. The number of aryl methyl sites for hydroxylation is 3. The van der Waals surface area contributed by atoms with Crippen molar-refractivity contribution in [1.29, 1.82) is 0 Å². The van der Waals surface area contributed by atoms with E-state index in [-0.39, 0.29) is 17.9 Å². The average Bonchev–Trinajstić information content (AvgIpc) is 2.90. The van der Waals surface area contributed by atoms with E-state index in [2.05, 4.69) is 0 Å². The number of nitrogens with zero attached hydrogens (tertiary/aromatic N) is 2. The number of carbonyl (C=O) groups is 2. The fourth-order valence-corrected chi connectivity index (χ4v) is 5.80. The Morgan fingerprint density at radius 3 is 2.32 bits per heavy atom. The quantitative estimate of drug-likeness (QED) is 0.456. The highest BCUT2D eigenvalue weighted by Gasteiger charge is 2.41. The van der Waals surface area contributed by atoms with E-state index in [0.29, 0.717) is 69.9 Å². The highest BCUT2D eigenvalue weighted by Crippen LogP contribution is 2.37. The van der Waals surface area contributed by atoms with Crippen LogP contribution in [0.25, 0.3) is 0 Å². The van der Waals surface area contributed by atoms with Crippen LogP contribution in [-0.4, -0.2) is 65.6 Å². The molecule has 2 amide bonds. The summed E-state index contributed by atoms with van der Waals surface area (Å²) in [6.45, 7) is 6.55. The fraction of sp³-hybridized carbons (Fsp3) is 0.533. The molecule has 1 N–H and O–H groups in total. The Morgan fingerprint density at radius 2 is 1.66 bits per heavy atom. The lowest BCUT2D eigenvalue weighted by atomic mass is 9.77. The standard InChI is InChI=1S/C30H38Cl2N2O4/c1-21-16-26(17-22(2)29(21)32)38-20-30(18-28(37)33-14-10-25(35)11-15-33)12-3-13-34(19-30)27(36)9-6-23-4-7-24(31)8-5-23/h4-5,7-8,16-17,25,35H,3,6,9-15,18-20H2,1-2H3/t30-/m1/s1. The summed E-state index contributed by atoms with van der Waals surface area (Å²) in [5.74, 6) is 0.888. The number of ether oxygens (including phenoxy) is 1. The van der Waals surface area contributed by atoms with Crippen LogP contribution in [0.2, 0.25) is 10.0 Å². The van der Waals surface area contributed by atoms with Crippen LogP contribution >= 0.6 is 23.2 Å². The van der Waals surface area contributed by atoms with Crippen molar-refractivity contribution in [1.82, 2.24) is 9.80 Å². The molecule has 0 spiro atoms. The van der Waals surface area contributed by atoms with E-state index in [4.69, 9.17) is 27.9 Å². The second-order valence-corrected chi connectivity index (χ2v) is 11.8. The predicted molar refractivity (Wildman–Crippen MR) is 151 cm³/mol. The highest BCUT2D eigenvalue weighted by molar-refractivity contribution is 6.32. The molecule has 2 aromatic carbocycles. The summed E-state index contributed by atoms with van der Waals surface area (Å²) >= 11 is 12.3. The maximum Gasteiger partial charge on any atom is 0.223 e. The Balaban J connectivity index is 1.47. The van der Waals surface area contributed by atoms with Crippen LogP contribution in [0, 0.1) is 19.3 Å². The third kappa shape index (κ3) is 7.43. The van der Waals surface area contributed by atoms with Gasteiger partial charge < -0.3 is 19.6 Å². The van der Waals surface area contributed by atoms with Crippen molar-refractivity contribution in [2.45, 2.75) is 64.9 Å². The van der Waals surface area contributed by atoms with Crippen molar-refractivity contribution in [2.24, 2.45) is 5.41 Å². The number of carbonyl (C=O) groups excluding carboxylic acids is 2. The van der Waals surface area contributed by atoms with Crippen molar-refractivity contribution in [2.75, 3.05) is 32.8 Å². The molecular formula is C30H38Cl2N2O4. The van der Waals surface area contributed by atoms with Crippen LogP contribution in [0.5, 0.6) is 5.75 Å². The first-order valence-electron chi connectivity index (χ1n) is 13.5. The van der Waals surface area contributed by atoms with Gasteiger partial charge in [-0.2, -0.15) is 0 Å². The molecule has 2 saturated heterocycles. The SMILES string of the molecule is Cc1cc(OC[C@@]2(CC(=O)N3CCC(O)CC3)CCCN(C(=O)CCc3ccc(Cl)cc3)C2)cc(C)c1Cl. The van der Waals surface area contributed by atoms with Crippen molar-refractivity contribution in [3.8, 4) is 5.75 Å². The number of hydrogen-bond donors (Lipinski definition) is 1. The molecule has 38 heavy (non-hydrogen) atoms. The zero-order chi connectivity index (χ0) is 27.3. The van der Waals surface area contributed by atoms with E-state index >= 15 is 0 Å². The molecule has 0 unspecified atom stereocenters. The minimum atomic E-state index is -0.483. The summed E-state index contributed by atoms with van der Waals surface area (Å²) in [5, 5.41) is 11.3. The van der Waals surface area contributed by atoms with Gasteiger partial charge in [0, 0.05) is 54.5 Å². The molecule has 6 nitrogen and oxygen atoms in total. The molecule has 0 aliphatic carbocycles. The predicted octanol–water partition coefficient (Wildman–Crippen LogP) is 5.60. The zero-order valence-electron chi connectivity index (χ0n) is 22.3. The monoisotopic (exact) mass is 560 g/mol. The van der Waals surface area contributed by atoms with Crippen LogP contribution in [0.3, 0.4) is 0 Å². The molecule has 8 heteroatoms. The second kappa shape index (κ2) is 12.7. The molecule has 0 saturated carbocycles. The highest BCUT2D eigenvalue weighted by atomic mass is 35.5. The minimum Gasteiger partial charge on any atom is -0.493 e. The third-order valence-corrected chi connectivity index (χ3v) is 8.70. The molecule has 2 fully saturated rings. The van der Waals surface area contributed by atoms with Gasteiger partial charge in [-0.1, -0.05) is 35.3 Å². The van der Waals surface area contributed by atoms with E-state index in [1.807, 2.05) is 60.0 Å². The Kier molecular flexibility index (Phi) is 9.61. The van der Waals surface area contributed by atoms with E-state index in [1.165, 1.54) is 0 Å². The normalized spacial score (nSPS) is 20.4. The van der Waals surface area contributed by atoms with E-state index in [0.717, 1.165) is 40.3 Å². The van der Waals surface area contributed by atoms with E-state index < -0.39 is 5.41 Å². The lowest BCUT2D eigenvalue weighted by Gasteiger charge is -2.43. The molecule has 1 atom stereocenters. The van der Waals surface area contributed by atoms with Crippen molar-refractivity contribution >= 4 is 35.0 Å². The Morgan fingerprint density at radius 1 is 1.00 bits per heavy atom. The average molecular weight is 562 g/mol. The summed E-state index contributed by atoms with van der Waals surface area (Å²) in [4.78, 5) is 30.5. The lowest BCUT2D eigenvalue weighted by Crippen LogP contribution is -2.51. The van der Waals surface area contributed by atoms with Gasteiger partial charge in [-0.05, 0) is 86.9 Å². The molecule has 2 heterocycles. The number of amides is 2. The largest absolute Gasteiger partial charge is 0.493 e. The number of hydrogen-bond acceptors (Lipinski definition) is 4. The van der Waals surface area contributed by atoms with Gasteiger partial charge in [0.2, 0.25) is 11.8 Å². The maximum absolute atomic E-state index is 13.4. The summed E-state index contributed by atoms with van der Waals surface area (Å²) in [5.41, 5.74) is 2.48. The van der Waals surface area contributed by atoms with E-state index in [1.54, 1.807) is 0 Å². The number of aliphatic hydroxyl groups is 1. The van der Waals surface area contributed by atoms with Gasteiger partial charge in [0.1, 0.15) is 5.75 Å². The smallest absolute Gasteiger partial charge is 0.223 e. The van der Waals surface area contributed by atoms with Crippen LogP contribution in [-0.2, 0) is 16.0 Å². The van der Waals surface area contributed by atoms with E-state index in [9.17, 15) is 14.7 Å². The summed E-state index contributed by atoms with van der Waals surface area (Å²) < 4.78 is 6.32. The molecular weight excluding hydrogens is 523 g/mol. The Bertz CT molecular complexity index is 1110. The number of piperidine rings is 2. The maximum atomic E-state index is 13.4. The summed E-state index contributed by atoms with van der Waals surface area (Å²) in [6, 6.07) is 11.4. The Hall–Kier alpha value is -2.28. The first-order chi connectivity index (χ1) is 18.1. The molecule has 2 aliphatic heterocycles. The van der Waals surface area contributed by atoms with Crippen molar-refractivity contribution in [3.05, 3.63) is 63.1 Å². The molecule has 2 aromatic rings. The van der Waals surface area contributed by atoms with Crippen LogP contribution < -0.4 is 4.74 Å². The molecule has 206 valence electrons. The summed E-state index contributed by atoms with van der Waals surface area (Å²) in [7, 11) is 0. The van der Waals surface area contributed by atoms with Gasteiger partial charge in [0.25, 0.3) is 0 Å². The fourth-order valence-electron chi connectivity index (χ4n) is 5.57. The van der Waals surface area contributed by atoms with Gasteiger partial charge in [-0.3, -0.25) is 9.59 Å². The Labute approximate surface area is 235 Å². The second-order valence-electron chi connectivity index (χ2n) is 11.0. The van der Waals surface area contributed by atoms with Gasteiger partial charge in [0.05, 0.1) is 12.7 Å². The number of aliphatic hydroxyl groups excluding tert-OH is 1. The number of benzene rings is 2. The molecule has 0 aromatic heterocycles. The van der Waals surface area contributed by atoms with Crippen LogP contribution in [0.1, 0.15) is 55.2 Å². The summed E-state index contributed by atoms with van der Waals surface area (Å²) in [6.07, 6.45) is 3.87. The van der Waals surface area contributed by atoms with Gasteiger partial charge >= 0.3 is 0 Å². The molecule has 2 aliphatic rings. The first kappa shape index (κ1) is 28.7. The topological polar surface area (TPSA) is 70.1 Å². The number of rotatable bonds is 8. The molecule has 0 bridgehead atoms. The van der Waals surface area contributed by atoms with Crippen molar-refractivity contribution < 1.29 is 19.4 Å². The lowest BCUT2D eigenvalue weighted by molar-refractivity contribution is -0.142. The van der Waals surface area contributed by atoms with Gasteiger partial charge in [-0.25, -0.2) is 0 Å². The van der Waals surface area contributed by atoms with Crippen molar-refractivity contribution in [3.63, 3.8) is 0 Å². The van der Waals surface area contributed by atoms with Crippen LogP contribution in [0.15, 0.2) is 36.4 Å². The van der Waals surface area contributed by atoms with Gasteiger partial charge in [-0.15, -0.1) is 0 Å². The zero-order valence-corrected chi connectivity index (χ0v) is 23.9. The third-order valence-electron chi connectivity index (χ3n) is 7.85. The minimum absolute atomic E-state index is 0.0689. The molecule has 4 rings (SSSR count). The van der Waals surface area contributed by atoms with Crippen LogP contribution in [0.4, 0.5) is 0 Å². The number of halogens is 2.